The lowest BCUT2D eigenvalue weighted by atomic mass is 10.0. The first-order chi connectivity index (χ1) is 12.7. The summed E-state index contributed by atoms with van der Waals surface area (Å²) in [6.07, 6.45) is -0.327. The Morgan fingerprint density at radius 2 is 1.48 bits per heavy atom. The number of rotatable bonds is 6. The van der Waals surface area contributed by atoms with Crippen LogP contribution in [0.3, 0.4) is 0 Å². The highest BCUT2D eigenvalue weighted by atomic mass is 28.3. The summed E-state index contributed by atoms with van der Waals surface area (Å²) >= 11 is 0. The van der Waals surface area contributed by atoms with Gasteiger partial charge >= 0.3 is 5.97 Å². The van der Waals surface area contributed by atoms with Crippen LogP contribution in [0.25, 0.3) is 0 Å². The minimum Gasteiger partial charge on any atom is -0.454 e. The van der Waals surface area contributed by atoms with E-state index in [1.807, 2.05) is 6.07 Å². The predicted octanol–water partition coefficient (Wildman–Crippen LogP) is 3.96. The smallest absolute Gasteiger partial charge is 0.338 e. The quantitative estimate of drug-likeness (QED) is 0.606. The van der Waals surface area contributed by atoms with E-state index in [1.54, 1.807) is 48.5 Å². The molecule has 0 bridgehead atoms. The van der Waals surface area contributed by atoms with Gasteiger partial charge in [0.2, 0.25) is 0 Å². The molecule has 2 rings (SSSR count). The van der Waals surface area contributed by atoms with Crippen LogP contribution in [0, 0.1) is 22.7 Å². The van der Waals surface area contributed by atoms with Crippen LogP contribution in [0.15, 0.2) is 48.5 Å². The van der Waals surface area contributed by atoms with Gasteiger partial charge < -0.3 is 9.84 Å². The van der Waals surface area contributed by atoms with E-state index in [-0.39, 0.29) is 0 Å². The molecule has 0 spiro atoms. The van der Waals surface area contributed by atoms with Crippen molar-refractivity contribution >= 4 is 14.0 Å². The Labute approximate surface area is 160 Å². The molecule has 0 aliphatic carbocycles. The van der Waals surface area contributed by atoms with Gasteiger partial charge in [0.25, 0.3) is 0 Å². The molecule has 5 nitrogen and oxygen atoms in total. The van der Waals surface area contributed by atoms with Crippen LogP contribution in [0.5, 0.6) is 0 Å². The van der Waals surface area contributed by atoms with Crippen molar-refractivity contribution < 1.29 is 14.6 Å². The fourth-order valence-electron chi connectivity index (χ4n) is 2.46. The Morgan fingerprint density at radius 1 is 1.00 bits per heavy atom. The Hall–Kier alpha value is -2.93. The third-order valence-corrected chi connectivity index (χ3v) is 6.58. The summed E-state index contributed by atoms with van der Waals surface area (Å²) in [6.45, 7) is 6.15. The minimum absolute atomic E-state index is 0.295. The number of ether oxygens (including phenoxy) is 1. The molecule has 0 aliphatic heterocycles. The number of esters is 1. The molecule has 6 heteroatoms. The second kappa shape index (κ2) is 8.63. The van der Waals surface area contributed by atoms with Crippen molar-refractivity contribution in [2.75, 3.05) is 0 Å². The Kier molecular flexibility index (Phi) is 6.52. The van der Waals surface area contributed by atoms with E-state index in [2.05, 4.69) is 25.7 Å². The van der Waals surface area contributed by atoms with Crippen LogP contribution >= 0.6 is 0 Å². The van der Waals surface area contributed by atoms with Crippen LogP contribution in [0.1, 0.15) is 39.6 Å². The van der Waals surface area contributed by atoms with E-state index < -0.39 is 25.9 Å². The molecular formula is C21H22N2O3Si. The topological polar surface area (TPSA) is 94.1 Å². The van der Waals surface area contributed by atoms with Gasteiger partial charge in [-0.25, -0.2) is 4.79 Å². The largest absolute Gasteiger partial charge is 0.454 e. The summed E-state index contributed by atoms with van der Waals surface area (Å²) in [7, 11) is -1.84. The Morgan fingerprint density at radius 3 is 1.93 bits per heavy atom. The van der Waals surface area contributed by atoms with Crippen LogP contribution < -0.4 is 0 Å². The second-order valence-electron chi connectivity index (χ2n) is 7.43. The molecule has 0 radical (unpaired) electrons. The molecule has 138 valence electrons. The first-order valence-electron chi connectivity index (χ1n) is 8.64. The van der Waals surface area contributed by atoms with Crippen LogP contribution in [0.4, 0.5) is 0 Å². The van der Waals surface area contributed by atoms with Gasteiger partial charge in [0.05, 0.1) is 36.9 Å². The molecule has 0 amide bonds. The first kappa shape index (κ1) is 20.4. The van der Waals surface area contributed by atoms with Gasteiger partial charge in [-0.2, -0.15) is 10.5 Å². The van der Waals surface area contributed by atoms with Gasteiger partial charge in [0.1, 0.15) is 6.10 Å². The minimum atomic E-state index is -1.84. The summed E-state index contributed by atoms with van der Waals surface area (Å²) in [5.41, 5.74) is 1.50. The van der Waals surface area contributed by atoms with E-state index >= 15 is 0 Å². The van der Waals surface area contributed by atoms with Crippen molar-refractivity contribution in [1.29, 1.82) is 10.5 Å². The van der Waals surface area contributed by atoms with Gasteiger partial charge in [0, 0.05) is 12.1 Å². The highest BCUT2D eigenvalue weighted by Crippen LogP contribution is 2.28. The number of hydrogen-bond acceptors (Lipinski definition) is 5. The van der Waals surface area contributed by atoms with Crippen molar-refractivity contribution in [2.45, 2.75) is 37.9 Å². The number of carbonyl (C=O) groups excluding carboxylic acids is 1. The number of aliphatic hydroxyl groups excluding tert-OH is 1. The molecule has 0 aliphatic rings. The first-order valence-corrected chi connectivity index (χ1v) is 12.2. The summed E-state index contributed by atoms with van der Waals surface area (Å²) in [5.74, 6) is -0.517. The Bertz CT molecular complexity index is 872. The van der Waals surface area contributed by atoms with Gasteiger partial charge in [-0.3, -0.25) is 0 Å². The second-order valence-corrected chi connectivity index (χ2v) is 12.8. The van der Waals surface area contributed by atoms with Crippen molar-refractivity contribution in [3.05, 3.63) is 70.8 Å². The number of aliphatic hydroxyl groups is 1. The molecule has 0 unspecified atom stereocenters. The molecule has 0 saturated carbocycles. The number of benzene rings is 2. The summed E-state index contributed by atoms with van der Waals surface area (Å²) in [5, 5.41) is 28.4. The Balaban J connectivity index is 2.26. The zero-order valence-corrected chi connectivity index (χ0v) is 16.6. The lowest BCUT2D eigenvalue weighted by Gasteiger charge is -2.28. The number of nitrogens with zero attached hydrogens (tertiary/aromatic N) is 2. The van der Waals surface area contributed by atoms with Gasteiger partial charge in [-0.15, -0.1) is 0 Å². The van der Waals surface area contributed by atoms with Crippen molar-refractivity contribution in [3.8, 4) is 12.1 Å². The maximum absolute atomic E-state index is 12.6. The SMILES string of the molecule is C[Si](C)(C)[C@H](O)C[C@@H](OC(=O)c1ccc(C#N)cc1)c1ccc(C#N)cc1. The molecule has 0 saturated heterocycles. The fraction of sp³-hybridized carbons (Fsp3) is 0.286. The third kappa shape index (κ3) is 5.52. The summed E-state index contributed by atoms with van der Waals surface area (Å²) in [6, 6.07) is 17.1. The number of hydrogen-bond donors (Lipinski definition) is 1. The predicted molar refractivity (Wildman–Crippen MR) is 104 cm³/mol. The summed E-state index contributed by atoms with van der Waals surface area (Å²) < 4.78 is 5.69. The van der Waals surface area contributed by atoms with E-state index in [9.17, 15) is 9.90 Å². The highest BCUT2D eigenvalue weighted by molar-refractivity contribution is 6.77. The molecule has 0 aromatic heterocycles. The molecule has 2 atom stereocenters. The molecule has 27 heavy (non-hydrogen) atoms. The zero-order valence-electron chi connectivity index (χ0n) is 15.6. The maximum atomic E-state index is 12.6. The van der Waals surface area contributed by atoms with Crippen molar-refractivity contribution in [2.24, 2.45) is 0 Å². The summed E-state index contributed by atoms with van der Waals surface area (Å²) in [4.78, 5) is 12.6. The van der Waals surface area contributed by atoms with Crippen molar-refractivity contribution in [1.82, 2.24) is 0 Å². The monoisotopic (exact) mass is 378 g/mol. The fourth-order valence-corrected chi connectivity index (χ4v) is 3.38. The molecule has 0 heterocycles. The van der Waals surface area contributed by atoms with Gasteiger partial charge in [-0.05, 0) is 42.0 Å². The van der Waals surface area contributed by atoms with Crippen molar-refractivity contribution in [3.63, 3.8) is 0 Å². The lowest BCUT2D eigenvalue weighted by Crippen LogP contribution is -2.39. The molecular weight excluding hydrogens is 356 g/mol. The molecule has 2 aromatic rings. The van der Waals surface area contributed by atoms with Gasteiger partial charge in [-0.1, -0.05) is 31.8 Å². The molecule has 0 fully saturated rings. The van der Waals surface area contributed by atoms with E-state index in [0.717, 1.165) is 5.56 Å². The lowest BCUT2D eigenvalue weighted by molar-refractivity contribution is 0.0204. The maximum Gasteiger partial charge on any atom is 0.338 e. The number of nitriles is 2. The van der Waals surface area contributed by atoms with E-state index in [4.69, 9.17) is 15.3 Å². The van der Waals surface area contributed by atoms with E-state index in [0.29, 0.717) is 23.1 Å². The van der Waals surface area contributed by atoms with Crippen LogP contribution in [0.2, 0.25) is 19.6 Å². The van der Waals surface area contributed by atoms with Crippen LogP contribution in [-0.2, 0) is 4.74 Å². The average molecular weight is 379 g/mol. The third-order valence-electron chi connectivity index (χ3n) is 4.35. The number of carbonyl (C=O) groups is 1. The zero-order chi connectivity index (χ0) is 20.0. The van der Waals surface area contributed by atoms with Gasteiger partial charge in [0.15, 0.2) is 0 Å². The van der Waals surface area contributed by atoms with Crippen LogP contribution in [-0.4, -0.2) is 24.9 Å². The average Bonchev–Trinajstić information content (AvgIpc) is 2.66. The molecule has 1 N–H and O–H groups in total. The normalized spacial score (nSPS) is 13.1. The molecule has 2 aromatic carbocycles. The van der Waals surface area contributed by atoms with E-state index in [1.165, 1.54) is 0 Å². The highest BCUT2D eigenvalue weighted by Gasteiger charge is 2.30. The standard InChI is InChI=1S/C21H22N2O3Si/c1-27(2,3)20(24)12-19(17-8-4-15(13-22)5-9-17)26-21(25)18-10-6-16(14-23)7-11-18/h4-11,19-20,24H,12H2,1-3H3/t19-,20+/m1/s1.